The fraction of sp³-hybridized carbons (Fsp3) is 0.148. The van der Waals surface area contributed by atoms with Crippen LogP contribution in [0.1, 0.15) is 28.9 Å². The lowest BCUT2D eigenvalue weighted by molar-refractivity contribution is -0.00577. The van der Waals surface area contributed by atoms with Crippen LogP contribution in [0.15, 0.2) is 78.9 Å². The third kappa shape index (κ3) is 4.76. The van der Waals surface area contributed by atoms with Crippen LogP contribution >= 0.6 is 0 Å². The van der Waals surface area contributed by atoms with Crippen LogP contribution in [0.25, 0.3) is 33.0 Å². The summed E-state index contributed by atoms with van der Waals surface area (Å²) < 4.78 is 44.2. The van der Waals surface area contributed by atoms with Crippen molar-refractivity contribution in [3.8, 4) is 22.3 Å². The fourth-order valence-electron chi connectivity index (χ4n) is 3.77. The first-order chi connectivity index (χ1) is 15.9. The van der Waals surface area contributed by atoms with E-state index in [0.717, 1.165) is 27.5 Å². The van der Waals surface area contributed by atoms with Crippen molar-refractivity contribution in [3.05, 3.63) is 95.8 Å². The van der Waals surface area contributed by atoms with Gasteiger partial charge in [-0.15, -0.1) is 0 Å². The summed E-state index contributed by atoms with van der Waals surface area (Å²) in [7, 11) is 0. The van der Waals surface area contributed by atoms with Gasteiger partial charge in [-0.05, 0) is 75.8 Å². The molecule has 0 aromatic heterocycles. The zero-order valence-corrected chi connectivity index (χ0v) is 17.8. The molecule has 1 N–H and O–H groups in total. The Morgan fingerprint density at radius 1 is 0.879 bits per heavy atom. The molecule has 4 rings (SSSR count). The molecule has 168 valence electrons. The quantitative estimate of drug-likeness (QED) is 0.329. The predicted molar refractivity (Wildman–Crippen MR) is 122 cm³/mol. The third-order valence-electron chi connectivity index (χ3n) is 5.44. The van der Waals surface area contributed by atoms with Gasteiger partial charge in [-0.2, -0.15) is 0 Å². The highest BCUT2D eigenvalue weighted by Crippen LogP contribution is 2.34. The Labute approximate surface area is 189 Å². The minimum absolute atomic E-state index is 0.109. The highest BCUT2D eigenvalue weighted by atomic mass is 19.3. The Hall–Kier alpha value is -3.64. The van der Waals surface area contributed by atoms with Gasteiger partial charge in [-0.1, -0.05) is 48.5 Å². The molecule has 4 aromatic carbocycles. The topological polar surface area (TPSA) is 46.5 Å². The lowest BCUT2D eigenvalue weighted by atomic mass is 9.92. The van der Waals surface area contributed by atoms with Gasteiger partial charge in [0.15, 0.2) is 0 Å². The average molecular weight is 450 g/mol. The van der Waals surface area contributed by atoms with Crippen LogP contribution in [-0.4, -0.2) is 24.1 Å². The molecule has 1 atom stereocenters. The summed E-state index contributed by atoms with van der Waals surface area (Å²) in [6.07, 6.45) is -4.74. The van der Waals surface area contributed by atoms with Crippen molar-refractivity contribution in [2.75, 3.05) is 6.61 Å². The van der Waals surface area contributed by atoms with E-state index in [1.165, 1.54) is 24.3 Å². The lowest BCUT2D eigenvalue weighted by Gasteiger charge is -2.14. The molecule has 4 aromatic rings. The van der Waals surface area contributed by atoms with Crippen molar-refractivity contribution in [2.24, 2.45) is 0 Å². The monoisotopic (exact) mass is 450 g/mol. The maximum Gasteiger partial charge on any atom is 0.338 e. The Bertz CT molecular complexity index is 1280. The Morgan fingerprint density at radius 3 is 2.15 bits per heavy atom. The average Bonchev–Trinajstić information content (AvgIpc) is 2.83. The molecule has 0 spiro atoms. The molecule has 0 bridgehead atoms. The van der Waals surface area contributed by atoms with E-state index < -0.39 is 18.5 Å². The van der Waals surface area contributed by atoms with Crippen molar-refractivity contribution in [1.82, 2.24) is 0 Å². The first kappa shape index (κ1) is 22.6. The van der Waals surface area contributed by atoms with E-state index in [2.05, 4.69) is 0 Å². The van der Waals surface area contributed by atoms with E-state index in [1.807, 2.05) is 18.2 Å². The van der Waals surface area contributed by atoms with Crippen LogP contribution in [0.4, 0.5) is 13.2 Å². The molecule has 0 saturated heterocycles. The molecule has 33 heavy (non-hydrogen) atoms. The number of esters is 1. The van der Waals surface area contributed by atoms with E-state index in [-0.39, 0.29) is 18.0 Å². The number of carbonyl (C=O) groups is 1. The SMILES string of the molecule is CCOC(=O)c1cc(-c2ccc(C(O)C(F)F)cc2)c2ccc(-c3ccc(F)cc3)cc2c1. The van der Waals surface area contributed by atoms with Crippen molar-refractivity contribution in [1.29, 1.82) is 0 Å². The molecule has 0 aliphatic heterocycles. The molecule has 0 fully saturated rings. The molecule has 0 aliphatic rings. The number of carbonyl (C=O) groups excluding carboxylic acids is 1. The van der Waals surface area contributed by atoms with Crippen molar-refractivity contribution >= 4 is 16.7 Å². The van der Waals surface area contributed by atoms with E-state index in [4.69, 9.17) is 4.74 Å². The minimum atomic E-state index is -2.88. The van der Waals surface area contributed by atoms with E-state index in [0.29, 0.717) is 11.1 Å². The Morgan fingerprint density at radius 2 is 1.52 bits per heavy atom. The van der Waals surface area contributed by atoms with Gasteiger partial charge in [0.2, 0.25) is 0 Å². The maximum atomic E-state index is 13.3. The van der Waals surface area contributed by atoms with Crippen LogP contribution in [0.3, 0.4) is 0 Å². The highest BCUT2D eigenvalue weighted by molar-refractivity contribution is 6.04. The number of hydrogen-bond acceptors (Lipinski definition) is 3. The van der Waals surface area contributed by atoms with Crippen LogP contribution in [0.2, 0.25) is 0 Å². The van der Waals surface area contributed by atoms with Gasteiger partial charge >= 0.3 is 5.97 Å². The number of ether oxygens (including phenoxy) is 1. The second-order valence-corrected chi connectivity index (χ2v) is 7.59. The molecule has 0 amide bonds. The van der Waals surface area contributed by atoms with Gasteiger partial charge in [-0.3, -0.25) is 0 Å². The molecular formula is C27H21F3O3. The number of benzene rings is 4. The Kier molecular flexibility index (Phi) is 6.47. The molecule has 0 radical (unpaired) electrons. The van der Waals surface area contributed by atoms with Gasteiger partial charge in [0.1, 0.15) is 11.9 Å². The third-order valence-corrected chi connectivity index (χ3v) is 5.44. The first-order valence-electron chi connectivity index (χ1n) is 10.4. The van der Waals surface area contributed by atoms with Gasteiger partial charge in [0.25, 0.3) is 6.43 Å². The molecule has 1 unspecified atom stereocenters. The summed E-state index contributed by atoms with van der Waals surface area (Å²) in [6, 6.07) is 21.4. The van der Waals surface area contributed by atoms with Crippen LogP contribution in [0, 0.1) is 5.82 Å². The largest absolute Gasteiger partial charge is 0.462 e. The van der Waals surface area contributed by atoms with Crippen LogP contribution < -0.4 is 0 Å². The standard InChI is InChI=1S/C27H21F3O3/c1-2-33-27(32)21-14-20-13-19(16-7-10-22(28)11-8-16)9-12-23(20)24(15-21)17-3-5-18(6-4-17)25(31)26(29)30/h3-15,25-26,31H,2H2,1H3. The number of halogens is 3. The van der Waals surface area contributed by atoms with Crippen LogP contribution in [0.5, 0.6) is 0 Å². The number of hydrogen-bond donors (Lipinski definition) is 1. The van der Waals surface area contributed by atoms with Crippen molar-refractivity contribution < 1.29 is 27.8 Å². The summed E-state index contributed by atoms with van der Waals surface area (Å²) in [5.41, 5.74) is 3.56. The van der Waals surface area contributed by atoms with E-state index in [9.17, 15) is 23.1 Å². The molecule has 3 nitrogen and oxygen atoms in total. The minimum Gasteiger partial charge on any atom is -0.462 e. The summed E-state index contributed by atoms with van der Waals surface area (Å²) in [6.45, 7) is 1.95. The summed E-state index contributed by atoms with van der Waals surface area (Å²) >= 11 is 0. The van der Waals surface area contributed by atoms with Gasteiger partial charge in [0, 0.05) is 0 Å². The summed E-state index contributed by atoms with van der Waals surface area (Å²) in [5, 5.41) is 11.2. The Balaban J connectivity index is 1.85. The number of rotatable bonds is 6. The molecule has 0 heterocycles. The normalized spacial score (nSPS) is 12.2. The highest BCUT2D eigenvalue weighted by Gasteiger charge is 2.19. The fourth-order valence-corrected chi connectivity index (χ4v) is 3.77. The predicted octanol–water partition coefficient (Wildman–Crippen LogP) is 6.79. The number of aliphatic hydroxyl groups excluding tert-OH is 1. The molecule has 0 saturated carbocycles. The zero-order valence-electron chi connectivity index (χ0n) is 17.8. The van der Waals surface area contributed by atoms with Crippen molar-refractivity contribution in [3.63, 3.8) is 0 Å². The van der Waals surface area contributed by atoms with Crippen molar-refractivity contribution in [2.45, 2.75) is 19.5 Å². The first-order valence-corrected chi connectivity index (χ1v) is 10.4. The summed E-state index contributed by atoms with van der Waals surface area (Å²) in [4.78, 5) is 12.5. The smallest absolute Gasteiger partial charge is 0.338 e. The summed E-state index contributed by atoms with van der Waals surface area (Å²) in [5.74, 6) is -0.801. The molecule has 6 heteroatoms. The van der Waals surface area contributed by atoms with E-state index in [1.54, 1.807) is 43.3 Å². The van der Waals surface area contributed by atoms with E-state index >= 15 is 0 Å². The second-order valence-electron chi connectivity index (χ2n) is 7.59. The molecule has 0 aliphatic carbocycles. The van der Waals surface area contributed by atoms with Gasteiger partial charge in [0.05, 0.1) is 12.2 Å². The number of aliphatic hydroxyl groups is 1. The van der Waals surface area contributed by atoms with Gasteiger partial charge in [-0.25, -0.2) is 18.0 Å². The number of alkyl halides is 2. The molecular weight excluding hydrogens is 429 g/mol. The number of fused-ring (bicyclic) bond motifs is 1. The lowest BCUT2D eigenvalue weighted by Crippen LogP contribution is -2.07. The second kappa shape index (κ2) is 9.46. The van der Waals surface area contributed by atoms with Gasteiger partial charge < -0.3 is 9.84 Å². The zero-order chi connectivity index (χ0) is 23.5. The van der Waals surface area contributed by atoms with Crippen LogP contribution in [-0.2, 0) is 4.74 Å². The maximum absolute atomic E-state index is 13.3.